The summed E-state index contributed by atoms with van der Waals surface area (Å²) in [5.74, 6) is 0.771. The number of halogens is 2. The van der Waals surface area contributed by atoms with E-state index in [0.717, 1.165) is 49.4 Å². The summed E-state index contributed by atoms with van der Waals surface area (Å²) in [6, 6.07) is 13.9. The third kappa shape index (κ3) is 8.13. The first kappa shape index (κ1) is 26.8. The number of rotatable bonds is 10. The largest absolute Gasteiger partial charge is 0.374 e. The molecule has 2 fully saturated rings. The summed E-state index contributed by atoms with van der Waals surface area (Å²) in [6.45, 7) is 8.59. The van der Waals surface area contributed by atoms with Crippen LogP contribution in [-0.4, -0.2) is 49.2 Å². The molecule has 8 heteroatoms. The molecule has 0 bridgehead atoms. The van der Waals surface area contributed by atoms with Crippen LogP contribution in [0.25, 0.3) is 0 Å². The average molecular weight is 532 g/mol. The van der Waals surface area contributed by atoms with Gasteiger partial charge in [0.25, 0.3) is 5.91 Å². The Morgan fingerprint density at radius 2 is 1.75 bits per heavy atom. The van der Waals surface area contributed by atoms with Gasteiger partial charge in [-0.2, -0.15) is 0 Å². The second-order valence-electron chi connectivity index (χ2n) is 9.69. The molecule has 2 aliphatic rings. The fraction of sp³-hybridized carbons (Fsp3) is 0.464. The van der Waals surface area contributed by atoms with Gasteiger partial charge in [-0.15, -0.1) is 0 Å². The Labute approximate surface area is 224 Å². The molecule has 0 unspecified atom stereocenters. The molecule has 4 rings (SSSR count). The molecule has 1 aliphatic carbocycles. The van der Waals surface area contributed by atoms with E-state index in [2.05, 4.69) is 27.4 Å². The van der Waals surface area contributed by atoms with Gasteiger partial charge >= 0.3 is 0 Å². The molecule has 3 N–H and O–H groups in total. The van der Waals surface area contributed by atoms with Gasteiger partial charge in [0.05, 0.1) is 28.6 Å². The van der Waals surface area contributed by atoms with Gasteiger partial charge in [-0.3, -0.25) is 9.69 Å². The lowest BCUT2D eigenvalue weighted by atomic mass is 9.95. The molecule has 2 aromatic carbocycles. The van der Waals surface area contributed by atoms with Crippen LogP contribution >= 0.6 is 23.2 Å². The van der Waals surface area contributed by atoms with Gasteiger partial charge in [0.1, 0.15) is 0 Å². The minimum Gasteiger partial charge on any atom is -0.374 e. The number of morpholine rings is 1. The maximum absolute atomic E-state index is 12.5. The Kier molecular flexibility index (Phi) is 9.93. The Morgan fingerprint density at radius 3 is 2.50 bits per heavy atom. The van der Waals surface area contributed by atoms with Crippen molar-refractivity contribution in [2.24, 2.45) is 0 Å². The van der Waals surface area contributed by atoms with Gasteiger partial charge in [0.2, 0.25) is 0 Å². The molecule has 1 heterocycles. The van der Waals surface area contributed by atoms with Crippen LogP contribution in [0.3, 0.4) is 0 Å². The van der Waals surface area contributed by atoms with Crippen molar-refractivity contribution in [1.29, 1.82) is 0 Å². The number of hydrogen-bond donors (Lipinski definition) is 3. The van der Waals surface area contributed by atoms with E-state index in [-0.39, 0.29) is 12.0 Å². The van der Waals surface area contributed by atoms with Crippen LogP contribution in [0.5, 0.6) is 0 Å². The predicted molar refractivity (Wildman–Crippen MR) is 146 cm³/mol. The Morgan fingerprint density at radius 1 is 1.00 bits per heavy atom. The summed E-state index contributed by atoms with van der Waals surface area (Å²) in [4.78, 5) is 14.9. The molecule has 0 aromatic heterocycles. The first-order chi connectivity index (χ1) is 17.5. The molecule has 1 amide bonds. The van der Waals surface area contributed by atoms with Crippen LogP contribution in [-0.2, 0) is 17.8 Å². The highest BCUT2D eigenvalue weighted by Gasteiger charge is 2.21. The standard InChI is InChI=1S/C28H36Cl2N4O2/c1-20(31-16-21-7-10-23(11-8-21)28(35)33-24-5-3-2-4-6-24)32-17-25-19-34(13-14-36-25)18-22-9-12-26(29)27(30)15-22/h7-12,15,24-25,31-32H,1-6,13-14,16-19H2,(H,33,35)/t25-/m0/s1. The van der Waals surface area contributed by atoms with Crippen molar-refractivity contribution in [2.75, 3.05) is 26.2 Å². The van der Waals surface area contributed by atoms with Crippen molar-refractivity contribution in [2.45, 2.75) is 57.3 Å². The van der Waals surface area contributed by atoms with Crippen molar-refractivity contribution in [3.8, 4) is 0 Å². The van der Waals surface area contributed by atoms with Crippen molar-refractivity contribution >= 4 is 29.1 Å². The van der Waals surface area contributed by atoms with E-state index in [9.17, 15) is 4.79 Å². The fourth-order valence-electron chi connectivity index (χ4n) is 4.74. The van der Waals surface area contributed by atoms with Crippen molar-refractivity contribution in [3.63, 3.8) is 0 Å². The van der Waals surface area contributed by atoms with E-state index in [1.165, 1.54) is 19.3 Å². The summed E-state index contributed by atoms with van der Waals surface area (Å²) in [7, 11) is 0. The van der Waals surface area contributed by atoms with E-state index in [4.69, 9.17) is 27.9 Å². The molecule has 1 atom stereocenters. The Hall–Kier alpha value is -2.25. The van der Waals surface area contributed by atoms with Gasteiger partial charge in [-0.05, 0) is 48.2 Å². The minimum absolute atomic E-state index is 0.0215. The van der Waals surface area contributed by atoms with Crippen molar-refractivity contribution in [3.05, 3.63) is 81.6 Å². The first-order valence-electron chi connectivity index (χ1n) is 12.8. The maximum atomic E-state index is 12.5. The molecule has 0 radical (unpaired) electrons. The number of nitrogens with one attached hydrogen (secondary N) is 3. The smallest absolute Gasteiger partial charge is 0.251 e. The molecule has 2 aromatic rings. The second-order valence-corrected chi connectivity index (χ2v) is 10.5. The SMILES string of the molecule is C=C(NCc1ccc(C(=O)NC2CCCCC2)cc1)NC[C@H]1CN(Cc2ccc(Cl)c(Cl)c2)CCO1. The number of ether oxygens (including phenoxy) is 1. The van der Waals surface area contributed by atoms with E-state index in [1.807, 2.05) is 42.5 Å². The van der Waals surface area contributed by atoms with Crippen molar-refractivity contribution in [1.82, 2.24) is 20.9 Å². The molecular formula is C28H36Cl2N4O2. The molecule has 1 aliphatic heterocycles. The highest BCUT2D eigenvalue weighted by molar-refractivity contribution is 6.42. The second kappa shape index (κ2) is 13.3. The highest BCUT2D eigenvalue weighted by Crippen LogP contribution is 2.23. The lowest BCUT2D eigenvalue weighted by Gasteiger charge is -2.33. The molecule has 1 saturated heterocycles. The van der Waals surface area contributed by atoms with Gasteiger partial charge in [0, 0.05) is 44.3 Å². The number of hydrogen-bond acceptors (Lipinski definition) is 5. The van der Waals surface area contributed by atoms with Crippen LogP contribution in [0.15, 0.2) is 54.9 Å². The van der Waals surface area contributed by atoms with Crippen LogP contribution in [0, 0.1) is 0 Å². The van der Waals surface area contributed by atoms with Crippen LogP contribution < -0.4 is 16.0 Å². The van der Waals surface area contributed by atoms with Crippen LogP contribution in [0.2, 0.25) is 10.0 Å². The predicted octanol–water partition coefficient (Wildman–Crippen LogP) is 5.11. The van der Waals surface area contributed by atoms with Crippen LogP contribution in [0.4, 0.5) is 0 Å². The summed E-state index contributed by atoms with van der Waals surface area (Å²) in [5, 5.41) is 11.0. The normalized spacial score (nSPS) is 19.0. The number of nitrogens with zero attached hydrogens (tertiary/aromatic N) is 1. The van der Waals surface area contributed by atoms with Gasteiger partial charge in [0.15, 0.2) is 0 Å². The van der Waals surface area contributed by atoms with Gasteiger partial charge in [-0.25, -0.2) is 0 Å². The summed E-state index contributed by atoms with van der Waals surface area (Å²) >= 11 is 12.2. The molecule has 36 heavy (non-hydrogen) atoms. The zero-order valence-electron chi connectivity index (χ0n) is 20.7. The minimum atomic E-state index is 0.0215. The zero-order chi connectivity index (χ0) is 25.3. The first-order valence-corrected chi connectivity index (χ1v) is 13.6. The van der Waals surface area contributed by atoms with E-state index in [0.29, 0.717) is 41.3 Å². The molecule has 194 valence electrons. The van der Waals surface area contributed by atoms with Gasteiger partial charge in [-0.1, -0.05) is 67.2 Å². The van der Waals surface area contributed by atoms with E-state index >= 15 is 0 Å². The number of carbonyl (C=O) groups is 1. The lowest BCUT2D eigenvalue weighted by Crippen LogP contribution is -2.46. The van der Waals surface area contributed by atoms with Crippen LogP contribution in [0.1, 0.15) is 53.6 Å². The maximum Gasteiger partial charge on any atom is 0.251 e. The quantitative estimate of drug-likeness (QED) is 0.398. The third-order valence-electron chi connectivity index (χ3n) is 6.82. The zero-order valence-corrected chi connectivity index (χ0v) is 22.2. The number of amides is 1. The number of benzene rings is 2. The molecule has 6 nitrogen and oxygen atoms in total. The highest BCUT2D eigenvalue weighted by atomic mass is 35.5. The summed E-state index contributed by atoms with van der Waals surface area (Å²) in [6.07, 6.45) is 5.94. The Balaban J connectivity index is 1.16. The molecule has 1 saturated carbocycles. The number of carbonyl (C=O) groups excluding carboxylic acids is 1. The molecular weight excluding hydrogens is 495 g/mol. The lowest BCUT2D eigenvalue weighted by molar-refractivity contribution is -0.0290. The van der Waals surface area contributed by atoms with E-state index in [1.54, 1.807) is 0 Å². The third-order valence-corrected chi connectivity index (χ3v) is 7.56. The topological polar surface area (TPSA) is 65.6 Å². The fourth-order valence-corrected chi connectivity index (χ4v) is 5.06. The average Bonchev–Trinajstić information content (AvgIpc) is 2.89. The Bertz CT molecular complexity index is 1020. The summed E-state index contributed by atoms with van der Waals surface area (Å²) in [5.41, 5.74) is 2.94. The van der Waals surface area contributed by atoms with E-state index < -0.39 is 0 Å². The van der Waals surface area contributed by atoms with Gasteiger partial charge < -0.3 is 20.7 Å². The molecule has 0 spiro atoms. The van der Waals surface area contributed by atoms with Crippen molar-refractivity contribution < 1.29 is 9.53 Å². The monoisotopic (exact) mass is 530 g/mol. The summed E-state index contributed by atoms with van der Waals surface area (Å²) < 4.78 is 5.93.